The van der Waals surface area contributed by atoms with Gasteiger partial charge in [0.05, 0.1) is 33.0 Å². The lowest BCUT2D eigenvalue weighted by atomic mass is 10.2. The van der Waals surface area contributed by atoms with Crippen molar-refractivity contribution in [2.75, 3.05) is 45.0 Å². The topological polar surface area (TPSA) is 66.5 Å². The van der Waals surface area contributed by atoms with Crippen LogP contribution >= 0.6 is 0 Å². The molecule has 1 amide bonds. The first kappa shape index (κ1) is 17.0. The first-order valence-corrected chi connectivity index (χ1v) is 8.07. The van der Waals surface area contributed by atoms with Crippen LogP contribution in [0.25, 0.3) is 0 Å². The summed E-state index contributed by atoms with van der Waals surface area (Å²) in [5, 5.41) is 0. The monoisotopic (exact) mass is 337 g/mol. The molecule has 1 aromatic rings. The van der Waals surface area contributed by atoms with E-state index in [9.17, 15) is 4.79 Å². The van der Waals surface area contributed by atoms with Crippen LogP contribution in [0.15, 0.2) is 24.3 Å². The third-order valence-corrected chi connectivity index (χ3v) is 4.10. The fourth-order valence-electron chi connectivity index (χ4n) is 2.78. The van der Waals surface area contributed by atoms with Gasteiger partial charge in [0.25, 0.3) is 0 Å². The Bertz CT molecular complexity index is 555. The number of carbonyl (C=O) groups is 1. The third kappa shape index (κ3) is 3.98. The number of hydrogen-bond donors (Lipinski definition) is 0. The molecule has 7 nitrogen and oxygen atoms in total. The van der Waals surface area contributed by atoms with Crippen LogP contribution < -0.4 is 9.64 Å². The molecule has 3 rings (SSSR count). The molecule has 132 valence electrons. The molecule has 2 fully saturated rings. The SMILES string of the molecule is COCC1CN(c2ccc(OCCC3(C)OCCO3)cc2)C(=O)O1. The van der Waals surface area contributed by atoms with Gasteiger partial charge in [-0.3, -0.25) is 4.90 Å². The van der Waals surface area contributed by atoms with Crippen molar-refractivity contribution in [3.63, 3.8) is 0 Å². The number of ether oxygens (including phenoxy) is 5. The Hall–Kier alpha value is -1.83. The maximum Gasteiger partial charge on any atom is 0.414 e. The Labute approximate surface area is 141 Å². The zero-order valence-electron chi connectivity index (χ0n) is 14.0. The molecule has 0 aliphatic carbocycles. The van der Waals surface area contributed by atoms with Crippen LogP contribution in [0.4, 0.5) is 10.5 Å². The van der Waals surface area contributed by atoms with Gasteiger partial charge in [0.15, 0.2) is 5.79 Å². The lowest BCUT2D eigenvalue weighted by molar-refractivity contribution is -0.150. The van der Waals surface area contributed by atoms with Gasteiger partial charge in [0.1, 0.15) is 11.9 Å². The second kappa shape index (κ2) is 7.38. The zero-order valence-corrected chi connectivity index (χ0v) is 14.0. The molecule has 0 radical (unpaired) electrons. The van der Waals surface area contributed by atoms with Crippen molar-refractivity contribution in [3.8, 4) is 5.75 Å². The number of amides is 1. The number of anilines is 1. The van der Waals surface area contributed by atoms with Gasteiger partial charge in [0, 0.05) is 19.2 Å². The molecule has 2 saturated heterocycles. The number of cyclic esters (lactones) is 1. The number of methoxy groups -OCH3 is 1. The molecule has 0 spiro atoms. The van der Waals surface area contributed by atoms with E-state index in [0.717, 1.165) is 11.4 Å². The van der Waals surface area contributed by atoms with Crippen LogP contribution in [-0.4, -0.2) is 58.1 Å². The fourth-order valence-corrected chi connectivity index (χ4v) is 2.78. The third-order valence-electron chi connectivity index (χ3n) is 4.10. The summed E-state index contributed by atoms with van der Waals surface area (Å²) in [5.41, 5.74) is 0.778. The predicted octanol–water partition coefficient (Wildman–Crippen LogP) is 2.19. The van der Waals surface area contributed by atoms with Gasteiger partial charge in [-0.05, 0) is 31.2 Å². The molecule has 1 atom stereocenters. The number of benzene rings is 1. The van der Waals surface area contributed by atoms with Crippen molar-refractivity contribution in [3.05, 3.63) is 24.3 Å². The van der Waals surface area contributed by atoms with Crippen molar-refractivity contribution < 1.29 is 28.5 Å². The standard InChI is InChI=1S/C17H23NO6/c1-17(22-9-10-23-17)7-8-21-14-5-3-13(4-6-14)18-11-15(12-20-2)24-16(18)19/h3-6,15H,7-12H2,1-2H3. The number of carbonyl (C=O) groups excluding carboxylic acids is 1. The van der Waals surface area contributed by atoms with Crippen molar-refractivity contribution >= 4 is 11.8 Å². The highest BCUT2D eigenvalue weighted by Crippen LogP contribution is 2.26. The maximum absolute atomic E-state index is 11.9. The summed E-state index contributed by atoms with van der Waals surface area (Å²) >= 11 is 0. The minimum Gasteiger partial charge on any atom is -0.493 e. The summed E-state index contributed by atoms with van der Waals surface area (Å²) < 4.78 is 27.1. The van der Waals surface area contributed by atoms with Crippen LogP contribution in [0.1, 0.15) is 13.3 Å². The van der Waals surface area contributed by atoms with E-state index in [0.29, 0.717) is 39.4 Å². The van der Waals surface area contributed by atoms with Gasteiger partial charge < -0.3 is 23.7 Å². The van der Waals surface area contributed by atoms with Crippen molar-refractivity contribution in [2.45, 2.75) is 25.2 Å². The lowest BCUT2D eigenvalue weighted by Gasteiger charge is -2.22. The minimum absolute atomic E-state index is 0.231. The number of nitrogens with zero attached hydrogens (tertiary/aromatic N) is 1. The molecule has 0 aromatic heterocycles. The summed E-state index contributed by atoms with van der Waals surface area (Å²) in [6.45, 7) is 4.55. The van der Waals surface area contributed by atoms with Crippen LogP contribution in [0.5, 0.6) is 5.75 Å². The second-order valence-electron chi connectivity index (χ2n) is 5.99. The molecule has 2 aliphatic rings. The average molecular weight is 337 g/mol. The predicted molar refractivity (Wildman–Crippen MR) is 86.4 cm³/mol. The molecule has 24 heavy (non-hydrogen) atoms. The molecule has 2 heterocycles. The van der Waals surface area contributed by atoms with Gasteiger partial charge in [-0.25, -0.2) is 4.79 Å². The van der Waals surface area contributed by atoms with Crippen LogP contribution in [0.3, 0.4) is 0 Å². The Morgan fingerprint density at radius 2 is 1.96 bits per heavy atom. The molecule has 0 N–H and O–H groups in total. The molecule has 1 unspecified atom stereocenters. The van der Waals surface area contributed by atoms with E-state index in [1.54, 1.807) is 12.0 Å². The van der Waals surface area contributed by atoms with E-state index in [4.69, 9.17) is 23.7 Å². The quantitative estimate of drug-likeness (QED) is 0.760. The maximum atomic E-state index is 11.9. The highest BCUT2D eigenvalue weighted by molar-refractivity contribution is 5.89. The van der Waals surface area contributed by atoms with E-state index < -0.39 is 5.79 Å². The Balaban J connectivity index is 1.51. The summed E-state index contributed by atoms with van der Waals surface area (Å²) in [4.78, 5) is 13.5. The molecule has 0 bridgehead atoms. The van der Waals surface area contributed by atoms with Gasteiger partial charge in [-0.1, -0.05) is 0 Å². The van der Waals surface area contributed by atoms with E-state index in [-0.39, 0.29) is 12.2 Å². The van der Waals surface area contributed by atoms with Gasteiger partial charge in [-0.2, -0.15) is 0 Å². The number of hydrogen-bond acceptors (Lipinski definition) is 6. The minimum atomic E-state index is -0.546. The molecule has 1 aromatic carbocycles. The van der Waals surface area contributed by atoms with E-state index in [1.807, 2.05) is 31.2 Å². The van der Waals surface area contributed by atoms with E-state index in [1.165, 1.54) is 0 Å². The van der Waals surface area contributed by atoms with Crippen molar-refractivity contribution in [1.82, 2.24) is 0 Å². The zero-order chi connectivity index (χ0) is 17.0. The molecule has 2 aliphatic heterocycles. The molecular weight excluding hydrogens is 314 g/mol. The fraction of sp³-hybridized carbons (Fsp3) is 0.588. The normalized spacial score (nSPS) is 22.7. The first-order valence-electron chi connectivity index (χ1n) is 8.07. The Kier molecular flexibility index (Phi) is 5.23. The van der Waals surface area contributed by atoms with Crippen LogP contribution in [-0.2, 0) is 18.9 Å². The summed E-state index contributed by atoms with van der Waals surface area (Å²) in [6.07, 6.45) is 0.0751. The number of rotatable bonds is 7. The van der Waals surface area contributed by atoms with Gasteiger partial charge >= 0.3 is 6.09 Å². The molecule has 7 heteroatoms. The largest absolute Gasteiger partial charge is 0.493 e. The van der Waals surface area contributed by atoms with E-state index in [2.05, 4.69) is 0 Å². The summed E-state index contributed by atoms with van der Waals surface area (Å²) in [7, 11) is 1.59. The smallest absolute Gasteiger partial charge is 0.414 e. The molecular formula is C17H23NO6. The highest BCUT2D eigenvalue weighted by Gasteiger charge is 2.32. The molecule has 0 saturated carbocycles. The highest BCUT2D eigenvalue weighted by atomic mass is 16.7. The van der Waals surface area contributed by atoms with Gasteiger partial charge in [0.2, 0.25) is 0 Å². The van der Waals surface area contributed by atoms with E-state index >= 15 is 0 Å². The average Bonchev–Trinajstić information content (AvgIpc) is 3.15. The van der Waals surface area contributed by atoms with Crippen LogP contribution in [0.2, 0.25) is 0 Å². The Morgan fingerprint density at radius 1 is 1.25 bits per heavy atom. The Morgan fingerprint density at radius 3 is 2.62 bits per heavy atom. The van der Waals surface area contributed by atoms with Crippen LogP contribution in [0, 0.1) is 0 Å². The first-order chi connectivity index (χ1) is 11.6. The summed E-state index contributed by atoms with van der Waals surface area (Å²) in [5.74, 6) is 0.191. The van der Waals surface area contributed by atoms with Gasteiger partial charge in [-0.15, -0.1) is 0 Å². The van der Waals surface area contributed by atoms with Crippen molar-refractivity contribution in [1.29, 1.82) is 0 Å². The second-order valence-corrected chi connectivity index (χ2v) is 5.99. The summed E-state index contributed by atoms with van der Waals surface area (Å²) in [6, 6.07) is 7.36. The van der Waals surface area contributed by atoms with Crippen molar-refractivity contribution in [2.24, 2.45) is 0 Å². The lowest BCUT2D eigenvalue weighted by Crippen LogP contribution is -2.28.